The van der Waals surface area contributed by atoms with Crippen LogP contribution in [0.1, 0.15) is 26.3 Å². The maximum atomic E-state index is 12.0. The van der Waals surface area contributed by atoms with Gasteiger partial charge < -0.3 is 15.2 Å². The zero-order valence-electron chi connectivity index (χ0n) is 11.8. The smallest absolute Gasteiger partial charge is 0.257 e. The molecule has 6 heteroatoms. The van der Waals surface area contributed by atoms with E-state index < -0.39 is 5.97 Å². The number of carbonyl (C=O) groups excluding carboxylic acids is 2. The summed E-state index contributed by atoms with van der Waals surface area (Å²) in [5.41, 5.74) is 2.13. The molecule has 0 atom stereocenters. The van der Waals surface area contributed by atoms with E-state index >= 15 is 0 Å². The first-order valence-electron chi connectivity index (χ1n) is 6.46. The van der Waals surface area contributed by atoms with Gasteiger partial charge in [-0.15, -0.1) is 0 Å². The molecule has 2 aromatic carbocycles. The third-order valence-corrected chi connectivity index (χ3v) is 3.09. The second-order valence-electron chi connectivity index (χ2n) is 4.64. The van der Waals surface area contributed by atoms with Crippen molar-refractivity contribution in [3.8, 4) is 0 Å². The number of carbonyl (C=O) groups is 2. The number of anilines is 1. The largest absolute Gasteiger partial charge is 0.545 e. The third kappa shape index (κ3) is 4.13. The quantitative estimate of drug-likeness (QED) is 0.839. The fourth-order valence-corrected chi connectivity index (χ4v) is 2.02. The van der Waals surface area contributed by atoms with Crippen LogP contribution in [0.5, 0.6) is 0 Å². The predicted octanol–water partition coefficient (Wildman–Crippen LogP) is 1.49. The van der Waals surface area contributed by atoms with E-state index in [9.17, 15) is 14.7 Å². The lowest BCUT2D eigenvalue weighted by atomic mass is 10.1. The Morgan fingerprint density at radius 3 is 2.32 bits per heavy atom. The fraction of sp³-hybridized carbons (Fsp3) is 0.0625. The van der Waals surface area contributed by atoms with Gasteiger partial charge in [0.1, 0.15) is 0 Å². The Balaban J connectivity index is 1.98. The first-order valence-corrected chi connectivity index (χ1v) is 6.87. The van der Waals surface area contributed by atoms with Crippen molar-refractivity contribution < 1.29 is 14.7 Å². The molecule has 0 aromatic heterocycles. The summed E-state index contributed by atoms with van der Waals surface area (Å²) in [7, 11) is 0. The van der Waals surface area contributed by atoms with Crippen molar-refractivity contribution in [3.63, 3.8) is 0 Å². The summed E-state index contributed by atoms with van der Waals surface area (Å²) in [5, 5.41) is 16.2. The molecule has 0 radical (unpaired) electrons. The molecule has 2 N–H and O–H groups in total. The van der Waals surface area contributed by atoms with Gasteiger partial charge in [-0.05, 0) is 49.0 Å². The molecule has 112 valence electrons. The summed E-state index contributed by atoms with van der Waals surface area (Å²) in [4.78, 5) is 22.7. The van der Waals surface area contributed by atoms with Crippen molar-refractivity contribution in [1.82, 2.24) is 5.32 Å². The van der Waals surface area contributed by atoms with Crippen molar-refractivity contribution in [2.45, 2.75) is 6.92 Å². The molecule has 0 spiro atoms. The zero-order valence-corrected chi connectivity index (χ0v) is 12.6. The highest BCUT2D eigenvalue weighted by molar-refractivity contribution is 7.80. The molecular weight excluding hydrogens is 300 g/mol. The molecule has 0 aliphatic heterocycles. The van der Waals surface area contributed by atoms with Crippen LogP contribution in [0.2, 0.25) is 0 Å². The van der Waals surface area contributed by atoms with Gasteiger partial charge in [0.2, 0.25) is 0 Å². The number of rotatable bonds is 3. The Morgan fingerprint density at radius 2 is 1.73 bits per heavy atom. The standard InChI is InChI=1S/C16H14N2O3S/c1-10-3-2-4-12(9-10)14(19)18-16(22)17-13-7-5-11(6-8-13)15(20)21/h2-9H,1H3,(H,20,21)(H2,17,18,19,22)/p-1. The monoisotopic (exact) mass is 313 g/mol. The van der Waals surface area contributed by atoms with Crippen molar-refractivity contribution in [2.75, 3.05) is 5.32 Å². The molecule has 0 heterocycles. The van der Waals surface area contributed by atoms with E-state index in [0.29, 0.717) is 11.3 Å². The van der Waals surface area contributed by atoms with Gasteiger partial charge in [0.05, 0.1) is 5.97 Å². The molecule has 0 unspecified atom stereocenters. The van der Waals surface area contributed by atoms with E-state index in [-0.39, 0.29) is 16.6 Å². The normalized spacial score (nSPS) is 9.86. The van der Waals surface area contributed by atoms with Crippen LogP contribution in [0.4, 0.5) is 5.69 Å². The number of carboxylic acids is 1. The first kappa shape index (κ1) is 15.7. The van der Waals surface area contributed by atoms with Gasteiger partial charge >= 0.3 is 0 Å². The number of hydrogen-bond donors (Lipinski definition) is 2. The Hall–Kier alpha value is -2.73. The zero-order chi connectivity index (χ0) is 16.1. The van der Waals surface area contributed by atoms with Gasteiger partial charge in [0.25, 0.3) is 5.91 Å². The number of carboxylic acid groups (broad SMARTS) is 1. The second-order valence-corrected chi connectivity index (χ2v) is 5.05. The maximum Gasteiger partial charge on any atom is 0.257 e. The third-order valence-electron chi connectivity index (χ3n) is 2.89. The molecule has 22 heavy (non-hydrogen) atoms. The summed E-state index contributed by atoms with van der Waals surface area (Å²) in [6.45, 7) is 1.90. The van der Waals surface area contributed by atoms with Crippen molar-refractivity contribution >= 4 is 34.9 Å². The minimum atomic E-state index is -1.25. The van der Waals surface area contributed by atoms with E-state index in [2.05, 4.69) is 10.6 Å². The number of hydrogen-bond acceptors (Lipinski definition) is 4. The molecule has 5 nitrogen and oxygen atoms in total. The van der Waals surface area contributed by atoms with Crippen LogP contribution < -0.4 is 15.7 Å². The summed E-state index contributed by atoms with van der Waals surface area (Å²) in [5.74, 6) is -1.56. The lowest BCUT2D eigenvalue weighted by Gasteiger charge is -2.10. The molecule has 0 saturated heterocycles. The minimum absolute atomic E-state index is 0.0697. The lowest BCUT2D eigenvalue weighted by molar-refractivity contribution is -0.255. The van der Waals surface area contributed by atoms with Gasteiger partial charge in [0.15, 0.2) is 5.11 Å². The molecular formula is C16H13N2O3S-. The molecule has 0 saturated carbocycles. The van der Waals surface area contributed by atoms with Gasteiger partial charge in [0, 0.05) is 11.3 Å². The van der Waals surface area contributed by atoms with E-state index in [1.54, 1.807) is 18.2 Å². The molecule has 0 bridgehead atoms. The Bertz CT molecular complexity index is 726. The first-order chi connectivity index (χ1) is 10.5. The highest BCUT2D eigenvalue weighted by Crippen LogP contribution is 2.09. The number of aromatic carboxylic acids is 1. The maximum absolute atomic E-state index is 12.0. The number of thiocarbonyl (C=S) groups is 1. The molecule has 2 rings (SSSR count). The van der Waals surface area contributed by atoms with Crippen LogP contribution in [-0.4, -0.2) is 17.0 Å². The summed E-state index contributed by atoms with van der Waals surface area (Å²) in [6.07, 6.45) is 0. The van der Waals surface area contributed by atoms with Crippen molar-refractivity contribution in [3.05, 3.63) is 65.2 Å². The van der Waals surface area contributed by atoms with Crippen LogP contribution in [0.15, 0.2) is 48.5 Å². The molecule has 2 aromatic rings. The van der Waals surface area contributed by atoms with Crippen LogP contribution in [-0.2, 0) is 0 Å². The topological polar surface area (TPSA) is 81.3 Å². The van der Waals surface area contributed by atoms with Crippen LogP contribution in [0.25, 0.3) is 0 Å². The Morgan fingerprint density at radius 1 is 1.05 bits per heavy atom. The van der Waals surface area contributed by atoms with Crippen molar-refractivity contribution in [1.29, 1.82) is 0 Å². The Kier molecular flexibility index (Phi) is 4.85. The van der Waals surface area contributed by atoms with Crippen LogP contribution in [0, 0.1) is 6.92 Å². The summed E-state index contributed by atoms with van der Waals surface area (Å²) < 4.78 is 0. The number of benzene rings is 2. The minimum Gasteiger partial charge on any atom is -0.545 e. The lowest BCUT2D eigenvalue weighted by Crippen LogP contribution is -2.34. The summed E-state index contributed by atoms with van der Waals surface area (Å²) in [6, 6.07) is 13.0. The molecule has 0 aliphatic carbocycles. The van der Waals surface area contributed by atoms with E-state index in [0.717, 1.165) is 5.56 Å². The SMILES string of the molecule is Cc1cccc(C(=O)NC(=S)Nc2ccc(C(=O)[O-])cc2)c1. The predicted molar refractivity (Wildman–Crippen MR) is 85.6 cm³/mol. The van der Waals surface area contributed by atoms with E-state index in [1.165, 1.54) is 24.3 Å². The van der Waals surface area contributed by atoms with E-state index in [4.69, 9.17) is 12.2 Å². The summed E-state index contributed by atoms with van der Waals surface area (Å²) >= 11 is 5.06. The highest BCUT2D eigenvalue weighted by atomic mass is 32.1. The Labute approximate surface area is 133 Å². The average Bonchev–Trinajstić information content (AvgIpc) is 2.47. The molecule has 0 aliphatic rings. The number of nitrogens with one attached hydrogen (secondary N) is 2. The average molecular weight is 313 g/mol. The van der Waals surface area contributed by atoms with Gasteiger partial charge in [-0.25, -0.2) is 0 Å². The highest BCUT2D eigenvalue weighted by Gasteiger charge is 2.08. The molecule has 0 fully saturated rings. The number of aryl methyl sites for hydroxylation is 1. The fourth-order valence-electron chi connectivity index (χ4n) is 1.81. The van der Waals surface area contributed by atoms with Crippen LogP contribution in [0.3, 0.4) is 0 Å². The molecule has 1 amide bonds. The van der Waals surface area contributed by atoms with Gasteiger partial charge in [-0.3, -0.25) is 10.1 Å². The van der Waals surface area contributed by atoms with Crippen molar-refractivity contribution in [2.24, 2.45) is 0 Å². The second kappa shape index (κ2) is 6.82. The van der Waals surface area contributed by atoms with Gasteiger partial charge in [-0.2, -0.15) is 0 Å². The van der Waals surface area contributed by atoms with Gasteiger partial charge in [-0.1, -0.05) is 29.8 Å². The number of amides is 1. The van der Waals surface area contributed by atoms with Crippen LogP contribution >= 0.6 is 12.2 Å². The van der Waals surface area contributed by atoms with E-state index in [1.807, 2.05) is 13.0 Å².